The van der Waals surface area contributed by atoms with Crippen LogP contribution in [-0.2, 0) is 17.6 Å². The van der Waals surface area contributed by atoms with Crippen molar-refractivity contribution in [3.8, 4) is 0 Å². The molecule has 1 heterocycles. The van der Waals surface area contributed by atoms with Crippen LogP contribution in [0.4, 0.5) is 0 Å². The lowest BCUT2D eigenvalue weighted by molar-refractivity contribution is 0.201. The van der Waals surface area contributed by atoms with Gasteiger partial charge in [0, 0.05) is 25.4 Å². The molecule has 0 aromatic carbocycles. The van der Waals surface area contributed by atoms with Gasteiger partial charge in [-0.25, -0.2) is 0 Å². The highest BCUT2D eigenvalue weighted by Crippen LogP contribution is 2.01. The molecule has 0 saturated carbocycles. The summed E-state index contributed by atoms with van der Waals surface area (Å²) < 4.78 is 4.96. The van der Waals surface area contributed by atoms with E-state index in [0.29, 0.717) is 0 Å². The van der Waals surface area contributed by atoms with Gasteiger partial charge in [-0.3, -0.25) is 4.98 Å². The van der Waals surface area contributed by atoms with Crippen molar-refractivity contribution in [3.05, 3.63) is 29.6 Å². The number of hydrogen-bond acceptors (Lipinski definition) is 2. The van der Waals surface area contributed by atoms with Crippen molar-refractivity contribution in [3.63, 3.8) is 0 Å². The molecular weight excluding hydrogens is 150 g/mol. The van der Waals surface area contributed by atoms with Gasteiger partial charge in [0.05, 0.1) is 6.61 Å². The number of nitrogens with zero attached hydrogens (tertiary/aromatic N) is 1. The summed E-state index contributed by atoms with van der Waals surface area (Å²) in [7, 11) is 1.71. The maximum absolute atomic E-state index is 4.96. The van der Waals surface area contributed by atoms with Crippen LogP contribution in [0.25, 0.3) is 0 Å². The number of pyridine rings is 1. The number of ether oxygens (including phenoxy) is 1. The Bertz CT molecular complexity index is 218. The van der Waals surface area contributed by atoms with E-state index < -0.39 is 0 Å². The number of hydrogen-bond donors (Lipinski definition) is 0. The predicted molar refractivity (Wildman–Crippen MR) is 49.2 cm³/mol. The molecule has 1 aromatic rings. The third kappa shape index (κ3) is 2.62. The van der Waals surface area contributed by atoms with Gasteiger partial charge in [-0.05, 0) is 18.1 Å². The predicted octanol–water partition coefficient (Wildman–Crippen LogP) is 1.83. The molecule has 0 aliphatic heterocycles. The van der Waals surface area contributed by atoms with Gasteiger partial charge in [0.2, 0.25) is 0 Å². The number of methoxy groups -OCH3 is 1. The molecule has 0 fully saturated rings. The molecule has 12 heavy (non-hydrogen) atoms. The van der Waals surface area contributed by atoms with Crippen LogP contribution in [-0.4, -0.2) is 18.7 Å². The molecule has 1 rings (SSSR count). The molecule has 2 heteroatoms. The van der Waals surface area contributed by atoms with Crippen LogP contribution in [0.2, 0.25) is 0 Å². The molecule has 2 nitrogen and oxygen atoms in total. The fourth-order valence-corrected chi connectivity index (χ4v) is 1.02. The van der Waals surface area contributed by atoms with Gasteiger partial charge in [0.1, 0.15) is 0 Å². The van der Waals surface area contributed by atoms with Crippen molar-refractivity contribution >= 4 is 0 Å². The first kappa shape index (κ1) is 9.20. The van der Waals surface area contributed by atoms with Crippen LogP contribution in [0, 0.1) is 0 Å². The molecule has 0 amide bonds. The summed E-state index contributed by atoms with van der Waals surface area (Å²) in [6.45, 7) is 2.88. The van der Waals surface area contributed by atoms with Gasteiger partial charge in [-0.2, -0.15) is 0 Å². The second kappa shape index (κ2) is 4.88. The van der Waals surface area contributed by atoms with Gasteiger partial charge in [-0.15, -0.1) is 0 Å². The number of aryl methyl sites for hydroxylation is 1. The topological polar surface area (TPSA) is 22.1 Å². The lowest BCUT2D eigenvalue weighted by Gasteiger charge is -2.00. The Morgan fingerprint density at radius 1 is 1.42 bits per heavy atom. The minimum atomic E-state index is 0.748. The Morgan fingerprint density at radius 2 is 2.25 bits per heavy atom. The molecule has 66 valence electrons. The summed E-state index contributed by atoms with van der Waals surface area (Å²) in [5.74, 6) is 0. The van der Waals surface area contributed by atoms with Gasteiger partial charge in [0.15, 0.2) is 0 Å². The van der Waals surface area contributed by atoms with Crippen LogP contribution >= 0.6 is 0 Å². The Labute approximate surface area is 73.6 Å². The van der Waals surface area contributed by atoms with Crippen molar-refractivity contribution in [1.29, 1.82) is 0 Å². The SMILES string of the molecule is CCc1ccc(CCOC)nc1. The summed E-state index contributed by atoms with van der Waals surface area (Å²) >= 11 is 0. The quantitative estimate of drug-likeness (QED) is 0.679. The highest BCUT2D eigenvalue weighted by molar-refractivity contribution is 5.13. The average molecular weight is 165 g/mol. The maximum Gasteiger partial charge on any atom is 0.0517 e. The molecule has 0 spiro atoms. The highest BCUT2D eigenvalue weighted by Gasteiger charge is 1.93. The maximum atomic E-state index is 4.96. The fourth-order valence-electron chi connectivity index (χ4n) is 1.02. The van der Waals surface area contributed by atoms with E-state index in [1.54, 1.807) is 7.11 Å². The summed E-state index contributed by atoms with van der Waals surface area (Å²) in [6.07, 6.45) is 3.89. The first-order valence-corrected chi connectivity index (χ1v) is 4.29. The van der Waals surface area contributed by atoms with E-state index in [0.717, 1.165) is 25.1 Å². The molecule has 0 N–H and O–H groups in total. The molecule has 0 bridgehead atoms. The Kier molecular flexibility index (Phi) is 3.74. The molecule has 0 atom stereocenters. The van der Waals surface area contributed by atoms with E-state index in [1.807, 2.05) is 6.20 Å². The first-order chi connectivity index (χ1) is 5.86. The summed E-state index contributed by atoms with van der Waals surface area (Å²) in [5.41, 5.74) is 2.39. The summed E-state index contributed by atoms with van der Waals surface area (Å²) in [6, 6.07) is 4.19. The van der Waals surface area contributed by atoms with E-state index >= 15 is 0 Å². The minimum absolute atomic E-state index is 0.748. The third-order valence-corrected chi connectivity index (χ3v) is 1.86. The number of aromatic nitrogens is 1. The zero-order chi connectivity index (χ0) is 8.81. The Morgan fingerprint density at radius 3 is 2.75 bits per heavy atom. The zero-order valence-electron chi connectivity index (χ0n) is 7.71. The minimum Gasteiger partial charge on any atom is -0.384 e. The summed E-state index contributed by atoms with van der Waals surface area (Å²) in [5, 5.41) is 0. The van der Waals surface area contributed by atoms with E-state index in [1.165, 1.54) is 5.56 Å². The molecule has 0 saturated heterocycles. The second-order valence-corrected chi connectivity index (χ2v) is 2.75. The van der Waals surface area contributed by atoms with Crippen molar-refractivity contribution in [1.82, 2.24) is 4.98 Å². The second-order valence-electron chi connectivity index (χ2n) is 2.75. The van der Waals surface area contributed by atoms with Crippen LogP contribution in [0.5, 0.6) is 0 Å². The summed E-state index contributed by atoms with van der Waals surface area (Å²) in [4.78, 5) is 4.31. The first-order valence-electron chi connectivity index (χ1n) is 4.29. The molecular formula is C10H15NO. The van der Waals surface area contributed by atoms with Crippen molar-refractivity contribution in [2.24, 2.45) is 0 Å². The molecule has 0 radical (unpaired) electrons. The van der Waals surface area contributed by atoms with Gasteiger partial charge >= 0.3 is 0 Å². The Hall–Kier alpha value is -0.890. The lowest BCUT2D eigenvalue weighted by atomic mass is 10.2. The average Bonchev–Trinajstić information content (AvgIpc) is 2.15. The van der Waals surface area contributed by atoms with Crippen molar-refractivity contribution < 1.29 is 4.74 Å². The van der Waals surface area contributed by atoms with Crippen molar-refractivity contribution in [2.45, 2.75) is 19.8 Å². The smallest absolute Gasteiger partial charge is 0.0517 e. The van der Waals surface area contributed by atoms with Crippen LogP contribution in [0.1, 0.15) is 18.2 Å². The molecule has 0 unspecified atom stereocenters. The van der Waals surface area contributed by atoms with Crippen LogP contribution < -0.4 is 0 Å². The molecule has 1 aromatic heterocycles. The lowest BCUT2D eigenvalue weighted by Crippen LogP contribution is -1.97. The van der Waals surface area contributed by atoms with E-state index in [2.05, 4.69) is 24.0 Å². The third-order valence-electron chi connectivity index (χ3n) is 1.86. The normalized spacial score (nSPS) is 10.2. The molecule has 0 aliphatic rings. The van der Waals surface area contributed by atoms with E-state index in [4.69, 9.17) is 4.74 Å². The molecule has 0 aliphatic carbocycles. The monoisotopic (exact) mass is 165 g/mol. The number of rotatable bonds is 4. The zero-order valence-corrected chi connectivity index (χ0v) is 7.71. The van der Waals surface area contributed by atoms with Gasteiger partial charge in [0.25, 0.3) is 0 Å². The fraction of sp³-hybridized carbons (Fsp3) is 0.500. The Balaban J connectivity index is 2.53. The van der Waals surface area contributed by atoms with Crippen LogP contribution in [0.3, 0.4) is 0 Å². The van der Waals surface area contributed by atoms with Crippen LogP contribution in [0.15, 0.2) is 18.3 Å². The standard InChI is InChI=1S/C10H15NO/c1-3-9-4-5-10(11-8-9)6-7-12-2/h4-5,8H,3,6-7H2,1-2H3. The van der Waals surface area contributed by atoms with Gasteiger partial charge < -0.3 is 4.74 Å². The van der Waals surface area contributed by atoms with Gasteiger partial charge in [-0.1, -0.05) is 13.0 Å². The largest absolute Gasteiger partial charge is 0.384 e. The van der Waals surface area contributed by atoms with Crippen molar-refractivity contribution in [2.75, 3.05) is 13.7 Å². The van der Waals surface area contributed by atoms with E-state index in [-0.39, 0.29) is 0 Å². The van der Waals surface area contributed by atoms with E-state index in [9.17, 15) is 0 Å². The highest BCUT2D eigenvalue weighted by atomic mass is 16.5.